The van der Waals surface area contributed by atoms with Gasteiger partial charge in [0, 0.05) is 0 Å². The van der Waals surface area contributed by atoms with Gasteiger partial charge in [-0.2, -0.15) is 0 Å². The molecule has 2 aliphatic rings. The van der Waals surface area contributed by atoms with Crippen molar-refractivity contribution in [3.63, 3.8) is 0 Å². The van der Waals surface area contributed by atoms with Gasteiger partial charge in [-0.15, -0.1) is 0 Å². The molecular weight excluding hydrogens is 312 g/mol. The van der Waals surface area contributed by atoms with Crippen LogP contribution in [0.15, 0.2) is 18.2 Å². The molecular formula is C22H34O3. The Morgan fingerprint density at radius 2 is 1.32 bits per heavy atom. The summed E-state index contributed by atoms with van der Waals surface area (Å²) in [5.41, 5.74) is -0.253. The molecule has 2 fully saturated rings. The summed E-state index contributed by atoms with van der Waals surface area (Å²) in [5, 5.41) is 10.5. The van der Waals surface area contributed by atoms with Gasteiger partial charge in [0.25, 0.3) is 0 Å². The Balaban J connectivity index is 1.86. The summed E-state index contributed by atoms with van der Waals surface area (Å²) in [7, 11) is 0. The van der Waals surface area contributed by atoms with Gasteiger partial charge in [-0.05, 0) is 76.3 Å². The van der Waals surface area contributed by atoms with Crippen LogP contribution in [0, 0.1) is 0 Å². The summed E-state index contributed by atoms with van der Waals surface area (Å²) in [6.45, 7) is 4.41. The van der Waals surface area contributed by atoms with Gasteiger partial charge < -0.3 is 14.6 Å². The van der Waals surface area contributed by atoms with Crippen LogP contribution in [-0.4, -0.2) is 16.3 Å². The molecule has 1 aromatic rings. The van der Waals surface area contributed by atoms with Gasteiger partial charge in [0.15, 0.2) is 11.5 Å². The molecule has 0 spiro atoms. The molecule has 2 aliphatic carbocycles. The van der Waals surface area contributed by atoms with Crippen LogP contribution >= 0.6 is 0 Å². The van der Waals surface area contributed by atoms with E-state index in [4.69, 9.17) is 9.47 Å². The minimum Gasteiger partial charge on any atom is -0.504 e. The second-order valence-corrected chi connectivity index (χ2v) is 8.00. The van der Waals surface area contributed by atoms with E-state index >= 15 is 0 Å². The molecule has 3 rings (SSSR count). The van der Waals surface area contributed by atoms with Crippen LogP contribution in [0.5, 0.6) is 17.2 Å². The molecule has 0 saturated heterocycles. The Bertz CT molecular complexity index is 554. The zero-order valence-corrected chi connectivity index (χ0v) is 16.0. The van der Waals surface area contributed by atoms with E-state index in [1.54, 1.807) is 6.07 Å². The number of para-hydroxylation sites is 1. The summed E-state index contributed by atoms with van der Waals surface area (Å²) in [4.78, 5) is 0. The van der Waals surface area contributed by atoms with Gasteiger partial charge in [-0.1, -0.05) is 32.8 Å². The first-order chi connectivity index (χ1) is 12.1. The lowest BCUT2D eigenvalue weighted by Gasteiger charge is -2.40. The highest BCUT2D eigenvalue weighted by molar-refractivity contribution is 5.51. The normalized spacial score (nSPS) is 22.3. The van der Waals surface area contributed by atoms with Crippen molar-refractivity contribution in [2.24, 2.45) is 0 Å². The van der Waals surface area contributed by atoms with Gasteiger partial charge in [0.05, 0.1) is 0 Å². The molecule has 0 radical (unpaired) electrons. The lowest BCUT2D eigenvalue weighted by atomic mass is 9.82. The molecule has 0 aromatic heterocycles. The van der Waals surface area contributed by atoms with E-state index in [1.165, 1.54) is 38.5 Å². The van der Waals surface area contributed by atoms with Crippen LogP contribution in [-0.2, 0) is 0 Å². The topological polar surface area (TPSA) is 38.7 Å². The predicted octanol–water partition coefficient (Wildman–Crippen LogP) is 6.38. The van der Waals surface area contributed by atoms with Gasteiger partial charge in [-0.3, -0.25) is 0 Å². The van der Waals surface area contributed by atoms with Crippen molar-refractivity contribution in [2.75, 3.05) is 0 Å². The number of rotatable bonds is 6. The second-order valence-electron chi connectivity index (χ2n) is 8.00. The number of phenols is 1. The molecule has 1 N–H and O–H groups in total. The predicted molar refractivity (Wildman–Crippen MR) is 102 cm³/mol. The number of hydrogen-bond donors (Lipinski definition) is 1. The fourth-order valence-corrected chi connectivity index (χ4v) is 4.58. The molecule has 0 unspecified atom stereocenters. The Hall–Kier alpha value is -1.38. The standard InChI is InChI=1S/C22H34O3/c1-3-21(14-7-5-8-15-21)24-19-13-11-12-18(23)20(19)25-22(4-2)16-9-6-10-17-22/h11-13,23H,3-10,14-17H2,1-2H3. The monoisotopic (exact) mass is 346 g/mol. The highest BCUT2D eigenvalue weighted by Crippen LogP contribution is 2.46. The molecule has 3 nitrogen and oxygen atoms in total. The van der Waals surface area contributed by atoms with Crippen molar-refractivity contribution in [3.8, 4) is 17.2 Å². The van der Waals surface area contributed by atoms with Crippen molar-refractivity contribution in [2.45, 2.75) is 102 Å². The van der Waals surface area contributed by atoms with Crippen LogP contribution in [0.25, 0.3) is 0 Å². The van der Waals surface area contributed by atoms with E-state index in [9.17, 15) is 5.11 Å². The summed E-state index contributed by atoms with van der Waals surface area (Å²) in [6.07, 6.45) is 13.7. The highest BCUT2D eigenvalue weighted by Gasteiger charge is 2.37. The fraction of sp³-hybridized carbons (Fsp3) is 0.727. The Labute approximate surface area is 152 Å². The van der Waals surface area contributed by atoms with Gasteiger partial charge in [0.2, 0.25) is 5.75 Å². The van der Waals surface area contributed by atoms with E-state index in [2.05, 4.69) is 13.8 Å². The molecule has 140 valence electrons. The Morgan fingerprint density at radius 3 is 1.84 bits per heavy atom. The van der Waals surface area contributed by atoms with E-state index in [0.717, 1.165) is 44.3 Å². The second kappa shape index (κ2) is 7.88. The maximum atomic E-state index is 10.5. The minimum absolute atomic E-state index is 0.101. The molecule has 3 heteroatoms. The van der Waals surface area contributed by atoms with Crippen molar-refractivity contribution in [1.82, 2.24) is 0 Å². The first kappa shape index (κ1) is 18.4. The van der Waals surface area contributed by atoms with Gasteiger partial charge in [0.1, 0.15) is 11.2 Å². The SMILES string of the molecule is CCC1(Oc2cccc(O)c2OC2(CC)CCCCC2)CCCCC1. The number of benzene rings is 1. The summed E-state index contributed by atoms with van der Waals surface area (Å²) in [5.74, 6) is 1.49. The molecule has 0 aliphatic heterocycles. The fourth-order valence-electron chi connectivity index (χ4n) is 4.58. The highest BCUT2D eigenvalue weighted by atomic mass is 16.5. The number of phenolic OH excluding ortho intramolecular Hbond substituents is 1. The molecule has 0 atom stereocenters. The lowest BCUT2D eigenvalue weighted by molar-refractivity contribution is 0.000382. The zero-order chi connectivity index (χ0) is 17.8. The van der Waals surface area contributed by atoms with Gasteiger partial charge in [-0.25, -0.2) is 0 Å². The van der Waals surface area contributed by atoms with Crippen LogP contribution in [0.3, 0.4) is 0 Å². The average molecular weight is 347 g/mol. The van der Waals surface area contributed by atoms with Crippen molar-refractivity contribution < 1.29 is 14.6 Å². The molecule has 0 heterocycles. The minimum atomic E-state index is -0.152. The van der Waals surface area contributed by atoms with Crippen LogP contribution in [0.2, 0.25) is 0 Å². The van der Waals surface area contributed by atoms with E-state index in [-0.39, 0.29) is 17.0 Å². The summed E-state index contributed by atoms with van der Waals surface area (Å²) < 4.78 is 13.1. The Morgan fingerprint density at radius 1 is 0.800 bits per heavy atom. The van der Waals surface area contributed by atoms with Crippen LogP contribution in [0.1, 0.15) is 90.9 Å². The zero-order valence-electron chi connectivity index (χ0n) is 16.0. The summed E-state index contributed by atoms with van der Waals surface area (Å²) in [6, 6.07) is 5.55. The number of ether oxygens (including phenoxy) is 2. The number of aromatic hydroxyl groups is 1. The maximum absolute atomic E-state index is 10.5. The van der Waals surface area contributed by atoms with Crippen molar-refractivity contribution >= 4 is 0 Å². The first-order valence-electron chi connectivity index (χ1n) is 10.3. The third-order valence-corrected chi connectivity index (χ3v) is 6.42. The third-order valence-electron chi connectivity index (χ3n) is 6.42. The van der Waals surface area contributed by atoms with Crippen LogP contribution in [0.4, 0.5) is 0 Å². The molecule has 25 heavy (non-hydrogen) atoms. The lowest BCUT2D eigenvalue weighted by Crippen LogP contribution is -2.39. The molecule has 1 aromatic carbocycles. The van der Waals surface area contributed by atoms with Gasteiger partial charge >= 0.3 is 0 Å². The van der Waals surface area contributed by atoms with E-state index in [1.807, 2.05) is 12.1 Å². The molecule has 2 saturated carbocycles. The summed E-state index contributed by atoms with van der Waals surface area (Å²) >= 11 is 0. The Kier molecular flexibility index (Phi) is 5.81. The molecule has 0 amide bonds. The average Bonchev–Trinajstić information content (AvgIpc) is 2.66. The number of hydrogen-bond acceptors (Lipinski definition) is 3. The quantitative estimate of drug-likeness (QED) is 0.650. The first-order valence-corrected chi connectivity index (χ1v) is 10.3. The smallest absolute Gasteiger partial charge is 0.203 e. The molecule has 0 bridgehead atoms. The van der Waals surface area contributed by atoms with E-state index in [0.29, 0.717) is 5.75 Å². The maximum Gasteiger partial charge on any atom is 0.203 e. The third kappa shape index (κ3) is 4.07. The largest absolute Gasteiger partial charge is 0.504 e. The van der Waals surface area contributed by atoms with Crippen molar-refractivity contribution in [3.05, 3.63) is 18.2 Å². The van der Waals surface area contributed by atoms with Crippen LogP contribution < -0.4 is 9.47 Å². The van der Waals surface area contributed by atoms with Crippen molar-refractivity contribution in [1.29, 1.82) is 0 Å². The van der Waals surface area contributed by atoms with E-state index < -0.39 is 0 Å².